The van der Waals surface area contributed by atoms with Crippen molar-refractivity contribution in [3.63, 3.8) is 0 Å². The number of nitrogens with two attached hydrogens (primary N) is 1. The first-order valence-corrected chi connectivity index (χ1v) is 8.81. The second kappa shape index (κ2) is 5.12. The first-order valence-electron chi connectivity index (χ1n) is 6.17. The van der Waals surface area contributed by atoms with E-state index in [-0.39, 0.29) is 0 Å². The van der Waals surface area contributed by atoms with Gasteiger partial charge in [-0.15, -0.1) is 22.7 Å². The molecule has 3 heterocycles. The minimum absolute atomic E-state index is 0.473. The Morgan fingerprint density at radius 3 is 2.58 bits per heavy atom. The van der Waals surface area contributed by atoms with Crippen LogP contribution >= 0.6 is 34.0 Å². The summed E-state index contributed by atoms with van der Waals surface area (Å²) in [4.78, 5) is 2.66. The Kier molecular flexibility index (Phi) is 3.48. The predicted octanol–water partition coefficient (Wildman–Crippen LogP) is 5.91. The standard InChI is InChI=1S/C15H15NS3/c1-9(2)12-13(10-5-7-17-8-10)15(16)19-14(12)11-4-3-6-18-11/h3-9H,16H2,1-2H3. The number of hydrogen-bond donors (Lipinski definition) is 1. The highest BCUT2D eigenvalue weighted by molar-refractivity contribution is 7.24. The molecule has 4 heteroatoms. The number of hydrogen-bond acceptors (Lipinski definition) is 4. The largest absolute Gasteiger partial charge is 0.390 e. The zero-order chi connectivity index (χ0) is 13.4. The summed E-state index contributed by atoms with van der Waals surface area (Å²) in [5.41, 5.74) is 10.2. The second-order valence-corrected chi connectivity index (χ2v) is 7.51. The highest BCUT2D eigenvalue weighted by Gasteiger charge is 2.21. The number of rotatable bonds is 3. The fraction of sp³-hybridized carbons (Fsp3) is 0.200. The maximum absolute atomic E-state index is 6.31. The number of thiophene rings is 3. The zero-order valence-electron chi connectivity index (χ0n) is 10.8. The molecule has 0 aliphatic heterocycles. The Morgan fingerprint density at radius 2 is 2.00 bits per heavy atom. The van der Waals surface area contributed by atoms with E-state index >= 15 is 0 Å². The van der Waals surface area contributed by atoms with Crippen LogP contribution in [0.25, 0.3) is 20.9 Å². The molecule has 3 aromatic heterocycles. The normalized spacial score (nSPS) is 11.3. The van der Waals surface area contributed by atoms with E-state index in [1.54, 1.807) is 34.0 Å². The van der Waals surface area contributed by atoms with Crippen molar-refractivity contribution in [3.8, 4) is 20.9 Å². The van der Waals surface area contributed by atoms with Crippen LogP contribution in [-0.4, -0.2) is 0 Å². The third kappa shape index (κ3) is 2.24. The monoisotopic (exact) mass is 305 g/mol. The van der Waals surface area contributed by atoms with E-state index in [1.165, 1.54) is 26.4 Å². The maximum Gasteiger partial charge on any atom is 0.0946 e. The van der Waals surface area contributed by atoms with Crippen LogP contribution in [0, 0.1) is 0 Å². The van der Waals surface area contributed by atoms with E-state index in [2.05, 4.69) is 48.2 Å². The van der Waals surface area contributed by atoms with Gasteiger partial charge in [-0.1, -0.05) is 19.9 Å². The van der Waals surface area contributed by atoms with E-state index in [0.717, 1.165) is 5.00 Å². The fourth-order valence-corrected chi connectivity index (χ4v) is 5.07. The maximum atomic E-state index is 6.31. The highest BCUT2D eigenvalue weighted by Crippen LogP contribution is 2.48. The van der Waals surface area contributed by atoms with Crippen LogP contribution in [0.15, 0.2) is 34.3 Å². The molecule has 0 unspecified atom stereocenters. The Balaban J connectivity index is 2.26. The van der Waals surface area contributed by atoms with Crippen molar-refractivity contribution in [1.29, 1.82) is 0 Å². The molecule has 0 aromatic carbocycles. The van der Waals surface area contributed by atoms with Gasteiger partial charge < -0.3 is 5.73 Å². The Bertz CT molecular complexity index is 661. The highest BCUT2D eigenvalue weighted by atomic mass is 32.1. The lowest BCUT2D eigenvalue weighted by Gasteiger charge is -2.10. The van der Waals surface area contributed by atoms with Crippen molar-refractivity contribution in [2.45, 2.75) is 19.8 Å². The van der Waals surface area contributed by atoms with Crippen molar-refractivity contribution in [1.82, 2.24) is 0 Å². The van der Waals surface area contributed by atoms with Crippen LogP contribution in [0.1, 0.15) is 25.3 Å². The van der Waals surface area contributed by atoms with Crippen molar-refractivity contribution < 1.29 is 0 Å². The molecule has 1 nitrogen and oxygen atoms in total. The van der Waals surface area contributed by atoms with Gasteiger partial charge in [0, 0.05) is 10.4 Å². The summed E-state index contributed by atoms with van der Waals surface area (Å²) < 4.78 is 0. The Hall–Kier alpha value is -1.10. The summed E-state index contributed by atoms with van der Waals surface area (Å²) in [6.07, 6.45) is 0. The van der Waals surface area contributed by atoms with Gasteiger partial charge in [0.1, 0.15) is 0 Å². The van der Waals surface area contributed by atoms with E-state index < -0.39 is 0 Å². The molecule has 0 amide bonds. The lowest BCUT2D eigenvalue weighted by Crippen LogP contribution is -1.92. The lowest BCUT2D eigenvalue weighted by atomic mass is 9.95. The predicted molar refractivity (Wildman–Crippen MR) is 89.4 cm³/mol. The molecule has 0 bridgehead atoms. The average Bonchev–Trinajstić information content (AvgIpc) is 3.08. The molecule has 2 N–H and O–H groups in total. The molecule has 3 aromatic rings. The van der Waals surface area contributed by atoms with Crippen molar-refractivity contribution in [2.75, 3.05) is 5.73 Å². The van der Waals surface area contributed by atoms with Crippen LogP contribution in [0.2, 0.25) is 0 Å². The van der Waals surface area contributed by atoms with Gasteiger partial charge in [-0.3, -0.25) is 0 Å². The lowest BCUT2D eigenvalue weighted by molar-refractivity contribution is 0.877. The summed E-state index contributed by atoms with van der Waals surface area (Å²) >= 11 is 5.22. The minimum Gasteiger partial charge on any atom is -0.390 e. The molecule has 0 saturated heterocycles. The molecule has 98 valence electrons. The first-order chi connectivity index (χ1) is 9.18. The van der Waals surface area contributed by atoms with Gasteiger partial charge in [0.05, 0.1) is 9.88 Å². The van der Waals surface area contributed by atoms with Gasteiger partial charge in [-0.25, -0.2) is 0 Å². The third-order valence-electron chi connectivity index (χ3n) is 3.10. The smallest absolute Gasteiger partial charge is 0.0946 e. The molecule has 3 rings (SSSR count). The SMILES string of the molecule is CC(C)c1c(-c2cccs2)sc(N)c1-c1ccsc1. The zero-order valence-corrected chi connectivity index (χ0v) is 13.3. The third-order valence-corrected chi connectivity index (χ3v) is 5.87. The topological polar surface area (TPSA) is 26.0 Å². The summed E-state index contributed by atoms with van der Waals surface area (Å²) in [6.45, 7) is 4.49. The van der Waals surface area contributed by atoms with Gasteiger partial charge in [0.15, 0.2) is 0 Å². The molecule has 0 fully saturated rings. The minimum atomic E-state index is 0.473. The summed E-state index contributed by atoms with van der Waals surface area (Å²) in [5, 5.41) is 7.36. The molecule has 0 aliphatic carbocycles. The van der Waals surface area contributed by atoms with Gasteiger partial charge in [0.2, 0.25) is 0 Å². The van der Waals surface area contributed by atoms with E-state index in [9.17, 15) is 0 Å². The fourth-order valence-electron chi connectivity index (χ4n) is 2.31. The first kappa shape index (κ1) is 12.9. The quantitative estimate of drug-likeness (QED) is 0.639. The second-order valence-electron chi connectivity index (χ2n) is 4.73. The van der Waals surface area contributed by atoms with E-state index in [0.29, 0.717) is 5.92 Å². The van der Waals surface area contributed by atoms with Crippen molar-refractivity contribution >= 4 is 39.0 Å². The van der Waals surface area contributed by atoms with Crippen LogP contribution in [0.3, 0.4) is 0 Å². The molecule has 0 spiro atoms. The van der Waals surface area contributed by atoms with E-state index in [1.807, 2.05) is 0 Å². The molecule has 19 heavy (non-hydrogen) atoms. The van der Waals surface area contributed by atoms with Gasteiger partial charge in [0.25, 0.3) is 0 Å². The molecule has 0 aliphatic rings. The van der Waals surface area contributed by atoms with Gasteiger partial charge >= 0.3 is 0 Å². The molecule has 0 radical (unpaired) electrons. The number of anilines is 1. The average molecular weight is 305 g/mol. The van der Waals surface area contributed by atoms with Crippen molar-refractivity contribution in [2.24, 2.45) is 0 Å². The number of nitrogen functional groups attached to an aromatic ring is 1. The molecule has 0 atom stereocenters. The van der Waals surface area contributed by atoms with Gasteiger partial charge in [-0.05, 0) is 45.3 Å². The van der Waals surface area contributed by atoms with Crippen LogP contribution in [0.4, 0.5) is 5.00 Å². The van der Waals surface area contributed by atoms with Crippen LogP contribution in [-0.2, 0) is 0 Å². The summed E-state index contributed by atoms with van der Waals surface area (Å²) in [6, 6.07) is 6.44. The summed E-state index contributed by atoms with van der Waals surface area (Å²) in [7, 11) is 0. The molecule has 0 saturated carbocycles. The van der Waals surface area contributed by atoms with Crippen LogP contribution < -0.4 is 5.73 Å². The molecular formula is C15H15NS3. The Morgan fingerprint density at radius 1 is 1.16 bits per heavy atom. The van der Waals surface area contributed by atoms with E-state index in [4.69, 9.17) is 5.73 Å². The Labute approximate surface area is 125 Å². The summed E-state index contributed by atoms with van der Waals surface area (Å²) in [5.74, 6) is 0.473. The molecular weight excluding hydrogens is 290 g/mol. The van der Waals surface area contributed by atoms with Gasteiger partial charge in [-0.2, -0.15) is 11.3 Å². The van der Waals surface area contributed by atoms with Crippen LogP contribution in [0.5, 0.6) is 0 Å². The van der Waals surface area contributed by atoms with Crippen molar-refractivity contribution in [3.05, 3.63) is 39.9 Å².